The van der Waals surface area contributed by atoms with Gasteiger partial charge in [0.25, 0.3) is 0 Å². The van der Waals surface area contributed by atoms with Gasteiger partial charge in [-0.05, 0) is 74.9 Å². The standard InChI is InChI=1S/C20H31N3S/c1-15(23(2)18-7-6-8-18)20(21)16-11-13-17(14-12-16)22-24-19-9-4-3-5-10-19/h3-5,9-10,16-18,20,22H,1,6-8,11-14,21H2,2H3. The number of hydrogen-bond acceptors (Lipinski definition) is 4. The molecular formula is C20H31N3S. The van der Waals surface area contributed by atoms with E-state index in [-0.39, 0.29) is 6.04 Å². The summed E-state index contributed by atoms with van der Waals surface area (Å²) in [5, 5.41) is 0. The molecule has 2 saturated carbocycles. The van der Waals surface area contributed by atoms with Crippen LogP contribution in [0.15, 0.2) is 47.5 Å². The van der Waals surface area contributed by atoms with Gasteiger partial charge in [-0.25, -0.2) is 0 Å². The van der Waals surface area contributed by atoms with Crippen molar-refractivity contribution in [3.63, 3.8) is 0 Å². The molecule has 2 aliphatic rings. The van der Waals surface area contributed by atoms with E-state index < -0.39 is 0 Å². The highest BCUT2D eigenvalue weighted by molar-refractivity contribution is 7.97. The fourth-order valence-electron chi connectivity index (χ4n) is 3.75. The van der Waals surface area contributed by atoms with Gasteiger partial charge in [0, 0.05) is 35.8 Å². The Labute approximate surface area is 151 Å². The Balaban J connectivity index is 1.41. The van der Waals surface area contributed by atoms with Crippen LogP contribution < -0.4 is 10.5 Å². The molecule has 0 aliphatic heterocycles. The predicted octanol–water partition coefficient (Wildman–Crippen LogP) is 4.17. The number of benzene rings is 1. The van der Waals surface area contributed by atoms with Crippen LogP contribution in [-0.4, -0.2) is 30.1 Å². The van der Waals surface area contributed by atoms with Crippen LogP contribution in [-0.2, 0) is 0 Å². The van der Waals surface area contributed by atoms with Gasteiger partial charge in [-0.3, -0.25) is 4.72 Å². The topological polar surface area (TPSA) is 41.3 Å². The minimum atomic E-state index is 0.123. The Hall–Kier alpha value is -0.970. The molecule has 0 aromatic heterocycles. The van der Waals surface area contributed by atoms with E-state index >= 15 is 0 Å². The summed E-state index contributed by atoms with van der Waals surface area (Å²) in [6.45, 7) is 4.31. The van der Waals surface area contributed by atoms with Gasteiger partial charge in [0.05, 0.1) is 0 Å². The van der Waals surface area contributed by atoms with Gasteiger partial charge in [-0.1, -0.05) is 24.8 Å². The average molecular weight is 346 g/mol. The zero-order valence-electron chi connectivity index (χ0n) is 14.8. The van der Waals surface area contributed by atoms with Crippen molar-refractivity contribution < 1.29 is 0 Å². The van der Waals surface area contributed by atoms with E-state index in [4.69, 9.17) is 5.73 Å². The Morgan fingerprint density at radius 3 is 2.42 bits per heavy atom. The Morgan fingerprint density at radius 1 is 1.17 bits per heavy atom. The monoisotopic (exact) mass is 345 g/mol. The lowest BCUT2D eigenvalue weighted by Crippen LogP contribution is -2.46. The van der Waals surface area contributed by atoms with Crippen molar-refractivity contribution >= 4 is 11.9 Å². The molecule has 3 N–H and O–H groups in total. The van der Waals surface area contributed by atoms with Gasteiger partial charge in [0.15, 0.2) is 0 Å². The summed E-state index contributed by atoms with van der Waals surface area (Å²) in [5.41, 5.74) is 7.70. The second-order valence-electron chi connectivity index (χ2n) is 7.36. The molecule has 0 amide bonds. The summed E-state index contributed by atoms with van der Waals surface area (Å²) in [6.07, 6.45) is 8.77. The van der Waals surface area contributed by atoms with E-state index in [2.05, 4.69) is 53.6 Å². The summed E-state index contributed by atoms with van der Waals surface area (Å²) in [4.78, 5) is 3.64. The molecule has 2 aliphatic carbocycles. The summed E-state index contributed by atoms with van der Waals surface area (Å²) >= 11 is 1.76. The number of rotatable bonds is 7. The SMILES string of the molecule is C=C(C(N)C1CCC(NSc2ccccc2)CC1)N(C)C1CCC1. The fraction of sp³-hybridized carbons (Fsp3) is 0.600. The smallest absolute Gasteiger partial charge is 0.0469 e. The molecule has 1 aromatic rings. The number of likely N-dealkylation sites (N-methyl/N-ethyl adjacent to an activating group) is 1. The first-order chi connectivity index (χ1) is 11.6. The average Bonchev–Trinajstić information content (AvgIpc) is 2.58. The molecule has 2 fully saturated rings. The van der Waals surface area contributed by atoms with E-state index in [1.54, 1.807) is 11.9 Å². The summed E-state index contributed by atoms with van der Waals surface area (Å²) in [5.74, 6) is 0.583. The molecule has 0 spiro atoms. The molecule has 4 heteroatoms. The minimum absolute atomic E-state index is 0.123. The third-order valence-electron chi connectivity index (χ3n) is 5.83. The van der Waals surface area contributed by atoms with Crippen molar-refractivity contribution in [2.75, 3.05) is 7.05 Å². The second-order valence-corrected chi connectivity index (χ2v) is 8.27. The molecule has 3 nitrogen and oxygen atoms in total. The van der Waals surface area contributed by atoms with Gasteiger partial charge in [-0.2, -0.15) is 0 Å². The normalized spacial score (nSPS) is 25.8. The summed E-state index contributed by atoms with van der Waals surface area (Å²) in [7, 11) is 2.18. The third kappa shape index (κ3) is 4.35. The van der Waals surface area contributed by atoms with Gasteiger partial charge in [-0.15, -0.1) is 0 Å². The van der Waals surface area contributed by atoms with Gasteiger partial charge >= 0.3 is 0 Å². The molecule has 0 heterocycles. The lowest BCUT2D eigenvalue weighted by atomic mass is 9.80. The molecule has 0 saturated heterocycles. The molecule has 1 aromatic carbocycles. The minimum Gasteiger partial charge on any atom is -0.374 e. The van der Waals surface area contributed by atoms with E-state index in [0.717, 1.165) is 5.70 Å². The lowest BCUT2D eigenvalue weighted by Gasteiger charge is -2.42. The van der Waals surface area contributed by atoms with Crippen LogP contribution in [0.25, 0.3) is 0 Å². The Bertz CT molecular complexity index is 521. The zero-order valence-corrected chi connectivity index (χ0v) is 15.6. The molecule has 3 rings (SSSR count). The van der Waals surface area contributed by atoms with Crippen molar-refractivity contribution in [3.8, 4) is 0 Å². The summed E-state index contributed by atoms with van der Waals surface area (Å²) in [6, 6.07) is 11.9. The molecule has 0 bridgehead atoms. The van der Waals surface area contributed by atoms with Gasteiger partial charge < -0.3 is 10.6 Å². The van der Waals surface area contributed by atoms with Crippen LogP contribution in [0.1, 0.15) is 44.9 Å². The molecular weight excluding hydrogens is 314 g/mol. The number of nitrogens with zero attached hydrogens (tertiary/aromatic N) is 1. The molecule has 24 heavy (non-hydrogen) atoms. The third-order valence-corrected chi connectivity index (χ3v) is 6.79. The van der Waals surface area contributed by atoms with Crippen molar-refractivity contribution in [2.24, 2.45) is 11.7 Å². The van der Waals surface area contributed by atoms with Crippen LogP contribution >= 0.6 is 11.9 Å². The first-order valence-corrected chi connectivity index (χ1v) is 10.1. The van der Waals surface area contributed by atoms with Crippen LogP contribution in [0.3, 0.4) is 0 Å². The summed E-state index contributed by atoms with van der Waals surface area (Å²) < 4.78 is 3.63. The van der Waals surface area contributed by atoms with Crippen LogP contribution in [0, 0.1) is 5.92 Å². The second kappa shape index (κ2) is 8.41. The highest BCUT2D eigenvalue weighted by Crippen LogP contribution is 2.33. The maximum Gasteiger partial charge on any atom is 0.0469 e. The number of nitrogens with one attached hydrogen (secondary N) is 1. The lowest BCUT2D eigenvalue weighted by molar-refractivity contribution is 0.175. The van der Waals surface area contributed by atoms with E-state index in [9.17, 15) is 0 Å². The van der Waals surface area contributed by atoms with Crippen LogP contribution in [0.2, 0.25) is 0 Å². The van der Waals surface area contributed by atoms with E-state index in [1.165, 1.54) is 49.8 Å². The fourth-order valence-corrected chi connectivity index (χ4v) is 4.58. The predicted molar refractivity (Wildman–Crippen MR) is 104 cm³/mol. The highest BCUT2D eigenvalue weighted by Gasteiger charge is 2.31. The molecule has 0 radical (unpaired) electrons. The maximum absolute atomic E-state index is 6.55. The van der Waals surface area contributed by atoms with Crippen molar-refractivity contribution in [1.82, 2.24) is 9.62 Å². The van der Waals surface area contributed by atoms with Crippen molar-refractivity contribution in [1.29, 1.82) is 0 Å². The molecule has 1 atom stereocenters. The van der Waals surface area contributed by atoms with Crippen molar-refractivity contribution in [2.45, 2.75) is 68.0 Å². The number of nitrogens with two attached hydrogens (primary N) is 1. The van der Waals surface area contributed by atoms with E-state index in [1.807, 2.05) is 0 Å². The van der Waals surface area contributed by atoms with Crippen LogP contribution in [0.5, 0.6) is 0 Å². The highest BCUT2D eigenvalue weighted by atomic mass is 32.2. The van der Waals surface area contributed by atoms with Crippen molar-refractivity contribution in [3.05, 3.63) is 42.6 Å². The largest absolute Gasteiger partial charge is 0.374 e. The number of hydrogen-bond donors (Lipinski definition) is 2. The molecule has 132 valence electrons. The van der Waals surface area contributed by atoms with Gasteiger partial charge in [0.1, 0.15) is 0 Å². The first kappa shape index (κ1) is 17.8. The first-order valence-electron chi connectivity index (χ1n) is 9.30. The Morgan fingerprint density at radius 2 is 1.83 bits per heavy atom. The molecule has 1 unspecified atom stereocenters. The zero-order chi connectivity index (χ0) is 16.9. The maximum atomic E-state index is 6.55. The van der Waals surface area contributed by atoms with Gasteiger partial charge in [0.2, 0.25) is 0 Å². The van der Waals surface area contributed by atoms with Crippen LogP contribution in [0.4, 0.5) is 0 Å². The quantitative estimate of drug-likeness (QED) is 0.728. The van der Waals surface area contributed by atoms with E-state index in [0.29, 0.717) is 18.0 Å². The Kier molecular flexibility index (Phi) is 6.25.